The normalized spacial score (nSPS) is 26.3. The van der Waals surface area contributed by atoms with Crippen LogP contribution in [0.15, 0.2) is 24.8 Å². The lowest BCUT2D eigenvalue weighted by molar-refractivity contribution is -0.106. The lowest BCUT2D eigenvalue weighted by Gasteiger charge is -2.26. The molecule has 0 amide bonds. The maximum atomic E-state index is 6.00. The van der Waals surface area contributed by atoms with E-state index in [2.05, 4.69) is 18.7 Å². The molecule has 3 heteroatoms. The molecule has 0 aromatic heterocycles. The summed E-state index contributed by atoms with van der Waals surface area (Å²) < 4.78 is 17.6. The summed E-state index contributed by atoms with van der Waals surface area (Å²) in [5.74, 6) is 0.864. The first-order valence-electron chi connectivity index (χ1n) is 8.02. The molecule has 0 spiro atoms. The first-order valence-corrected chi connectivity index (χ1v) is 8.02. The Kier molecular flexibility index (Phi) is 4.94. The Morgan fingerprint density at radius 1 is 1.00 bits per heavy atom. The van der Waals surface area contributed by atoms with Crippen molar-refractivity contribution in [3.05, 3.63) is 35.9 Å². The third-order valence-corrected chi connectivity index (χ3v) is 4.14. The summed E-state index contributed by atoms with van der Waals surface area (Å²) in [6.45, 7) is 5.53. The molecule has 1 aromatic rings. The Balaban J connectivity index is 1.76. The van der Waals surface area contributed by atoms with Crippen LogP contribution in [0.3, 0.4) is 0 Å². The fourth-order valence-electron chi connectivity index (χ4n) is 2.98. The molecule has 21 heavy (non-hydrogen) atoms. The topological polar surface area (TPSA) is 27.7 Å². The summed E-state index contributed by atoms with van der Waals surface area (Å²) in [7, 11) is 0. The van der Waals surface area contributed by atoms with Gasteiger partial charge in [-0.2, -0.15) is 0 Å². The second kappa shape index (κ2) is 7.10. The molecule has 2 fully saturated rings. The van der Waals surface area contributed by atoms with Crippen LogP contribution in [0.2, 0.25) is 0 Å². The van der Waals surface area contributed by atoms with Crippen molar-refractivity contribution in [2.75, 3.05) is 13.2 Å². The minimum atomic E-state index is -0.112. The molecule has 2 aliphatic heterocycles. The first-order chi connectivity index (χ1) is 10.3. The number of hydrogen-bond donors (Lipinski definition) is 0. The van der Waals surface area contributed by atoms with Crippen molar-refractivity contribution >= 4 is 6.08 Å². The fraction of sp³-hybridized carbons (Fsp3) is 0.556. The van der Waals surface area contributed by atoms with E-state index in [4.69, 9.17) is 14.2 Å². The molecular weight excluding hydrogens is 264 g/mol. The Morgan fingerprint density at radius 2 is 1.81 bits per heavy atom. The van der Waals surface area contributed by atoms with Crippen molar-refractivity contribution in [3.8, 4) is 5.75 Å². The number of ether oxygens (including phenoxy) is 3. The van der Waals surface area contributed by atoms with Gasteiger partial charge in [-0.3, -0.25) is 0 Å². The molecule has 2 aliphatic rings. The van der Waals surface area contributed by atoms with Crippen molar-refractivity contribution in [3.63, 3.8) is 0 Å². The van der Waals surface area contributed by atoms with Gasteiger partial charge in [0, 0.05) is 13.0 Å². The SMILES string of the molecule is C=Cc1cc(OC2CCCCO2)cc(C2CCCCO2)c1. The van der Waals surface area contributed by atoms with E-state index < -0.39 is 0 Å². The van der Waals surface area contributed by atoms with Gasteiger partial charge >= 0.3 is 0 Å². The van der Waals surface area contributed by atoms with Crippen LogP contribution < -0.4 is 4.74 Å². The monoisotopic (exact) mass is 288 g/mol. The van der Waals surface area contributed by atoms with Gasteiger partial charge in [-0.05, 0) is 61.4 Å². The molecule has 0 aliphatic carbocycles. The Bertz CT molecular complexity index is 471. The average Bonchev–Trinajstić information content (AvgIpc) is 2.56. The highest BCUT2D eigenvalue weighted by molar-refractivity contribution is 5.52. The van der Waals surface area contributed by atoms with Gasteiger partial charge in [0.15, 0.2) is 6.29 Å². The van der Waals surface area contributed by atoms with E-state index in [0.29, 0.717) is 0 Å². The van der Waals surface area contributed by atoms with Gasteiger partial charge < -0.3 is 14.2 Å². The zero-order chi connectivity index (χ0) is 14.5. The first kappa shape index (κ1) is 14.6. The van der Waals surface area contributed by atoms with Crippen molar-refractivity contribution in [2.24, 2.45) is 0 Å². The molecule has 0 radical (unpaired) electrons. The fourth-order valence-corrected chi connectivity index (χ4v) is 2.98. The number of hydrogen-bond acceptors (Lipinski definition) is 3. The standard InChI is InChI=1S/C18H24O3/c1-2-14-11-15(17-7-3-5-9-19-17)13-16(12-14)21-18-8-4-6-10-20-18/h2,11-13,17-18H,1,3-10H2. The molecule has 1 aromatic carbocycles. The van der Waals surface area contributed by atoms with Crippen molar-refractivity contribution in [1.82, 2.24) is 0 Å². The van der Waals surface area contributed by atoms with Crippen molar-refractivity contribution in [2.45, 2.75) is 50.9 Å². The Morgan fingerprint density at radius 3 is 2.48 bits per heavy atom. The van der Waals surface area contributed by atoms with E-state index >= 15 is 0 Å². The van der Waals surface area contributed by atoms with Gasteiger partial charge in [0.2, 0.25) is 0 Å². The molecule has 0 bridgehead atoms. The van der Waals surface area contributed by atoms with Crippen molar-refractivity contribution < 1.29 is 14.2 Å². The lowest BCUT2D eigenvalue weighted by atomic mass is 9.99. The molecule has 0 saturated carbocycles. The largest absolute Gasteiger partial charge is 0.465 e. The highest BCUT2D eigenvalue weighted by atomic mass is 16.7. The summed E-state index contributed by atoms with van der Waals surface area (Å²) in [6.07, 6.45) is 8.68. The molecule has 2 atom stereocenters. The molecular formula is C18H24O3. The lowest BCUT2D eigenvalue weighted by Crippen LogP contribution is -2.25. The van der Waals surface area contributed by atoms with Crippen LogP contribution in [0.4, 0.5) is 0 Å². The van der Waals surface area contributed by atoms with Crippen LogP contribution in [0, 0.1) is 0 Å². The van der Waals surface area contributed by atoms with Gasteiger partial charge in [0.25, 0.3) is 0 Å². The van der Waals surface area contributed by atoms with E-state index in [1.165, 1.54) is 18.4 Å². The molecule has 3 nitrogen and oxygen atoms in total. The summed E-state index contributed by atoms with van der Waals surface area (Å²) in [5.41, 5.74) is 2.27. The van der Waals surface area contributed by atoms with E-state index in [1.807, 2.05) is 12.1 Å². The van der Waals surface area contributed by atoms with Gasteiger partial charge in [-0.1, -0.05) is 12.7 Å². The van der Waals surface area contributed by atoms with Gasteiger partial charge in [-0.25, -0.2) is 0 Å². The highest BCUT2D eigenvalue weighted by Crippen LogP contribution is 2.32. The van der Waals surface area contributed by atoms with Crippen molar-refractivity contribution in [1.29, 1.82) is 0 Å². The zero-order valence-electron chi connectivity index (χ0n) is 12.6. The maximum absolute atomic E-state index is 6.00. The predicted molar refractivity (Wildman–Crippen MR) is 83.3 cm³/mol. The van der Waals surface area contributed by atoms with Crippen LogP contribution in [-0.4, -0.2) is 19.5 Å². The smallest absolute Gasteiger partial charge is 0.199 e. The predicted octanol–water partition coefficient (Wildman–Crippen LogP) is 4.48. The van der Waals surface area contributed by atoms with E-state index in [0.717, 1.165) is 50.2 Å². The van der Waals surface area contributed by atoms with Crippen LogP contribution in [0.5, 0.6) is 5.75 Å². The minimum absolute atomic E-state index is 0.112. The van der Waals surface area contributed by atoms with Crippen LogP contribution in [0.25, 0.3) is 6.08 Å². The van der Waals surface area contributed by atoms with Gasteiger partial charge in [0.05, 0.1) is 12.7 Å². The van der Waals surface area contributed by atoms with E-state index in [9.17, 15) is 0 Å². The summed E-state index contributed by atoms with van der Waals surface area (Å²) in [4.78, 5) is 0. The summed E-state index contributed by atoms with van der Waals surface area (Å²) in [6, 6.07) is 6.27. The van der Waals surface area contributed by atoms with Gasteiger partial charge in [-0.15, -0.1) is 0 Å². The second-order valence-corrected chi connectivity index (χ2v) is 5.81. The van der Waals surface area contributed by atoms with E-state index in [1.54, 1.807) is 0 Å². The third-order valence-electron chi connectivity index (χ3n) is 4.14. The van der Waals surface area contributed by atoms with Gasteiger partial charge in [0.1, 0.15) is 5.75 Å². The maximum Gasteiger partial charge on any atom is 0.199 e. The number of benzene rings is 1. The van der Waals surface area contributed by atoms with Crippen LogP contribution in [0.1, 0.15) is 55.8 Å². The molecule has 3 rings (SSSR count). The molecule has 2 unspecified atom stereocenters. The second-order valence-electron chi connectivity index (χ2n) is 5.81. The average molecular weight is 288 g/mol. The molecule has 114 valence electrons. The summed E-state index contributed by atoms with van der Waals surface area (Å²) >= 11 is 0. The van der Waals surface area contributed by atoms with E-state index in [-0.39, 0.29) is 12.4 Å². The zero-order valence-corrected chi connectivity index (χ0v) is 12.6. The van der Waals surface area contributed by atoms with Crippen LogP contribution >= 0.6 is 0 Å². The van der Waals surface area contributed by atoms with Crippen LogP contribution in [-0.2, 0) is 9.47 Å². The Hall–Kier alpha value is -1.32. The minimum Gasteiger partial charge on any atom is -0.465 e. The summed E-state index contributed by atoms with van der Waals surface area (Å²) in [5, 5.41) is 0. The highest BCUT2D eigenvalue weighted by Gasteiger charge is 2.19. The molecule has 2 heterocycles. The quantitative estimate of drug-likeness (QED) is 0.817. The third kappa shape index (κ3) is 3.86. The molecule has 2 saturated heterocycles. The number of rotatable bonds is 4. The molecule has 0 N–H and O–H groups in total. The Labute approximate surface area is 126 Å².